The first-order valence-electron chi connectivity index (χ1n) is 8.21. The van der Waals surface area contributed by atoms with Gasteiger partial charge in [-0.25, -0.2) is 0 Å². The highest BCUT2D eigenvalue weighted by atomic mass is 16.3. The lowest BCUT2D eigenvalue weighted by Crippen LogP contribution is -2.58. The van der Waals surface area contributed by atoms with Crippen LogP contribution in [0.4, 0.5) is 0 Å². The minimum atomic E-state index is -0.142. The predicted molar refractivity (Wildman–Crippen MR) is 78.2 cm³/mol. The van der Waals surface area contributed by atoms with Crippen LogP contribution < -0.4 is 0 Å². The van der Waals surface area contributed by atoms with Crippen molar-refractivity contribution in [2.24, 2.45) is 11.3 Å². The molecule has 0 aromatic carbocycles. The van der Waals surface area contributed by atoms with Gasteiger partial charge in [0.1, 0.15) is 0 Å². The van der Waals surface area contributed by atoms with Gasteiger partial charge in [0, 0.05) is 38.8 Å². The first-order chi connectivity index (χ1) is 9.06. The summed E-state index contributed by atoms with van der Waals surface area (Å²) in [6, 6.07) is 0.409. The van der Waals surface area contributed by atoms with Crippen molar-refractivity contribution >= 4 is 0 Å². The Morgan fingerprint density at radius 2 is 1.74 bits per heavy atom. The van der Waals surface area contributed by atoms with E-state index in [1.165, 1.54) is 51.7 Å². The zero-order valence-electron chi connectivity index (χ0n) is 12.6. The Balaban J connectivity index is 1.52. The summed E-state index contributed by atoms with van der Waals surface area (Å²) in [5.41, 5.74) is 0.105. The lowest BCUT2D eigenvalue weighted by atomic mass is 9.72. The van der Waals surface area contributed by atoms with Crippen LogP contribution in [-0.4, -0.2) is 59.8 Å². The van der Waals surface area contributed by atoms with Crippen molar-refractivity contribution in [3.63, 3.8) is 0 Å². The van der Waals surface area contributed by atoms with Crippen LogP contribution in [0.3, 0.4) is 0 Å². The Labute approximate surface area is 118 Å². The van der Waals surface area contributed by atoms with Gasteiger partial charge in [0.15, 0.2) is 0 Å². The van der Waals surface area contributed by atoms with Gasteiger partial charge in [-0.3, -0.25) is 4.90 Å². The summed E-state index contributed by atoms with van der Waals surface area (Å²) in [7, 11) is 0. The van der Waals surface area contributed by atoms with Crippen LogP contribution in [0.5, 0.6) is 0 Å². The van der Waals surface area contributed by atoms with Gasteiger partial charge < -0.3 is 10.0 Å². The SMILES string of the molecule is CC1(C)CCCC(N2CCN(CC3CC3)CC2)C1O. The average Bonchev–Trinajstić information content (AvgIpc) is 3.18. The lowest BCUT2D eigenvalue weighted by Gasteiger charge is -2.48. The van der Waals surface area contributed by atoms with E-state index in [0.717, 1.165) is 19.0 Å². The molecule has 3 aliphatic rings. The maximum absolute atomic E-state index is 10.6. The fraction of sp³-hybridized carbons (Fsp3) is 1.00. The monoisotopic (exact) mass is 266 g/mol. The molecule has 3 fully saturated rings. The van der Waals surface area contributed by atoms with Crippen molar-refractivity contribution in [3.8, 4) is 0 Å². The average molecular weight is 266 g/mol. The van der Waals surface area contributed by atoms with E-state index in [2.05, 4.69) is 23.6 Å². The van der Waals surface area contributed by atoms with Gasteiger partial charge in [0.05, 0.1) is 6.10 Å². The summed E-state index contributed by atoms with van der Waals surface area (Å²) in [6.07, 6.45) is 6.40. The molecule has 3 heteroatoms. The molecule has 19 heavy (non-hydrogen) atoms. The number of aliphatic hydroxyl groups is 1. The molecule has 1 aliphatic heterocycles. The number of hydrogen-bond acceptors (Lipinski definition) is 3. The molecule has 2 saturated carbocycles. The number of hydrogen-bond donors (Lipinski definition) is 1. The second-order valence-electron chi connectivity index (χ2n) is 7.67. The van der Waals surface area contributed by atoms with Gasteiger partial charge in [-0.05, 0) is 37.0 Å². The zero-order valence-corrected chi connectivity index (χ0v) is 12.6. The van der Waals surface area contributed by atoms with Crippen LogP contribution in [0.1, 0.15) is 46.0 Å². The number of aliphatic hydroxyl groups excluding tert-OH is 1. The Morgan fingerprint density at radius 1 is 1.05 bits per heavy atom. The predicted octanol–water partition coefficient (Wildman–Crippen LogP) is 1.95. The lowest BCUT2D eigenvalue weighted by molar-refractivity contribution is -0.0677. The second kappa shape index (κ2) is 5.34. The van der Waals surface area contributed by atoms with Crippen molar-refractivity contribution in [2.45, 2.75) is 58.1 Å². The molecule has 3 nitrogen and oxygen atoms in total. The molecule has 0 aromatic heterocycles. The molecule has 1 heterocycles. The molecular formula is C16H30N2O. The quantitative estimate of drug-likeness (QED) is 0.846. The van der Waals surface area contributed by atoms with E-state index in [0.29, 0.717) is 6.04 Å². The highest BCUT2D eigenvalue weighted by Gasteiger charge is 2.41. The van der Waals surface area contributed by atoms with Gasteiger partial charge in [-0.2, -0.15) is 0 Å². The van der Waals surface area contributed by atoms with E-state index in [1.54, 1.807) is 0 Å². The van der Waals surface area contributed by atoms with E-state index in [4.69, 9.17) is 0 Å². The van der Waals surface area contributed by atoms with Crippen molar-refractivity contribution in [3.05, 3.63) is 0 Å². The smallest absolute Gasteiger partial charge is 0.0746 e. The van der Waals surface area contributed by atoms with Crippen LogP contribution >= 0.6 is 0 Å². The van der Waals surface area contributed by atoms with E-state index in [9.17, 15) is 5.11 Å². The molecule has 0 amide bonds. The van der Waals surface area contributed by atoms with Crippen LogP contribution in [-0.2, 0) is 0 Å². The highest BCUT2D eigenvalue weighted by Crippen LogP contribution is 2.38. The molecule has 0 aromatic rings. The molecule has 0 bridgehead atoms. The van der Waals surface area contributed by atoms with Crippen LogP contribution in [0.25, 0.3) is 0 Å². The van der Waals surface area contributed by atoms with E-state index < -0.39 is 0 Å². The van der Waals surface area contributed by atoms with Crippen LogP contribution in [0.2, 0.25) is 0 Å². The largest absolute Gasteiger partial charge is 0.391 e. The summed E-state index contributed by atoms with van der Waals surface area (Å²) in [5.74, 6) is 1.01. The number of rotatable bonds is 3. The van der Waals surface area contributed by atoms with Gasteiger partial charge in [-0.1, -0.05) is 20.3 Å². The maximum atomic E-state index is 10.6. The zero-order chi connectivity index (χ0) is 13.5. The Hall–Kier alpha value is -0.120. The Kier molecular flexibility index (Phi) is 3.89. The van der Waals surface area contributed by atoms with Crippen LogP contribution in [0.15, 0.2) is 0 Å². The molecule has 2 atom stereocenters. The number of piperazine rings is 1. The third-order valence-electron chi connectivity index (χ3n) is 5.58. The topological polar surface area (TPSA) is 26.7 Å². The Morgan fingerprint density at radius 3 is 2.37 bits per heavy atom. The van der Waals surface area contributed by atoms with Gasteiger partial charge in [0.2, 0.25) is 0 Å². The Bertz CT molecular complexity index is 306. The minimum absolute atomic E-state index is 0.105. The molecule has 1 saturated heterocycles. The maximum Gasteiger partial charge on any atom is 0.0746 e. The molecule has 3 rings (SSSR count). The van der Waals surface area contributed by atoms with E-state index >= 15 is 0 Å². The summed E-state index contributed by atoms with van der Waals surface area (Å²) >= 11 is 0. The minimum Gasteiger partial charge on any atom is -0.391 e. The summed E-state index contributed by atoms with van der Waals surface area (Å²) in [5, 5.41) is 10.6. The van der Waals surface area contributed by atoms with Gasteiger partial charge in [0.25, 0.3) is 0 Å². The third kappa shape index (κ3) is 3.14. The molecule has 0 spiro atoms. The first kappa shape index (κ1) is 13.8. The molecule has 2 aliphatic carbocycles. The standard InChI is InChI=1S/C16H30N2O/c1-16(2)7-3-4-14(15(16)19)18-10-8-17(9-11-18)12-13-5-6-13/h13-15,19H,3-12H2,1-2H3. The van der Waals surface area contributed by atoms with Crippen LogP contribution in [0, 0.1) is 11.3 Å². The normalized spacial score (nSPS) is 37.4. The summed E-state index contributed by atoms with van der Waals surface area (Å²) < 4.78 is 0. The molecule has 1 N–H and O–H groups in total. The third-order valence-corrected chi connectivity index (χ3v) is 5.58. The molecular weight excluding hydrogens is 236 g/mol. The fourth-order valence-corrected chi connectivity index (χ4v) is 3.92. The second-order valence-corrected chi connectivity index (χ2v) is 7.67. The molecule has 0 radical (unpaired) electrons. The van der Waals surface area contributed by atoms with Gasteiger partial charge >= 0.3 is 0 Å². The van der Waals surface area contributed by atoms with E-state index in [-0.39, 0.29) is 11.5 Å². The summed E-state index contributed by atoms with van der Waals surface area (Å²) in [6.45, 7) is 10.5. The molecule has 110 valence electrons. The summed E-state index contributed by atoms with van der Waals surface area (Å²) in [4.78, 5) is 5.20. The van der Waals surface area contributed by atoms with Crippen molar-refractivity contribution in [2.75, 3.05) is 32.7 Å². The highest BCUT2D eigenvalue weighted by molar-refractivity contribution is 4.94. The fourth-order valence-electron chi connectivity index (χ4n) is 3.92. The van der Waals surface area contributed by atoms with Gasteiger partial charge in [-0.15, -0.1) is 0 Å². The molecule has 2 unspecified atom stereocenters. The van der Waals surface area contributed by atoms with E-state index in [1.807, 2.05) is 0 Å². The van der Waals surface area contributed by atoms with Crippen molar-refractivity contribution in [1.82, 2.24) is 9.80 Å². The van der Waals surface area contributed by atoms with Crippen molar-refractivity contribution in [1.29, 1.82) is 0 Å². The first-order valence-corrected chi connectivity index (χ1v) is 8.21. The van der Waals surface area contributed by atoms with Crippen molar-refractivity contribution < 1.29 is 5.11 Å². The number of nitrogens with zero attached hydrogens (tertiary/aromatic N) is 2.